The number of ether oxygens (including phenoxy) is 1. The second-order valence-corrected chi connectivity index (χ2v) is 6.97. The van der Waals surface area contributed by atoms with Crippen molar-refractivity contribution in [1.29, 1.82) is 0 Å². The van der Waals surface area contributed by atoms with Crippen molar-refractivity contribution in [3.63, 3.8) is 0 Å². The molecule has 0 aliphatic carbocycles. The zero-order valence-corrected chi connectivity index (χ0v) is 16.1. The smallest absolute Gasteiger partial charge is 0.350 e. The highest BCUT2D eigenvalue weighted by Crippen LogP contribution is 2.19. The molecule has 0 unspecified atom stereocenters. The maximum atomic E-state index is 12.5. The van der Waals surface area contributed by atoms with Gasteiger partial charge in [-0.25, -0.2) is 9.48 Å². The van der Waals surface area contributed by atoms with Crippen LogP contribution in [0.1, 0.15) is 26.7 Å². The second-order valence-electron chi connectivity index (χ2n) is 6.97. The minimum absolute atomic E-state index is 0.0702. The van der Waals surface area contributed by atoms with E-state index in [0.717, 1.165) is 39.1 Å². The van der Waals surface area contributed by atoms with Gasteiger partial charge in [0.2, 0.25) is 5.91 Å². The molecule has 148 valence electrons. The normalized spacial score (nSPS) is 16.7. The number of nitrogens with zero attached hydrogens (tertiary/aromatic N) is 4. The van der Waals surface area contributed by atoms with Gasteiger partial charge in [-0.1, -0.05) is 32.8 Å². The molecular weight excluding hydrogens is 346 g/mol. The quantitative estimate of drug-likeness (QED) is 0.736. The lowest BCUT2D eigenvalue weighted by Gasteiger charge is -2.38. The van der Waals surface area contributed by atoms with E-state index in [9.17, 15) is 9.59 Å². The van der Waals surface area contributed by atoms with Gasteiger partial charge >= 0.3 is 5.69 Å². The van der Waals surface area contributed by atoms with Gasteiger partial charge in [0.25, 0.3) is 0 Å². The van der Waals surface area contributed by atoms with E-state index in [1.165, 1.54) is 9.08 Å². The van der Waals surface area contributed by atoms with Gasteiger partial charge < -0.3 is 10.1 Å². The molecular formula is C19H29N5O3. The predicted octanol–water partition coefficient (Wildman–Crippen LogP) is 0.749. The van der Waals surface area contributed by atoms with Crippen LogP contribution in [0.4, 0.5) is 0 Å². The van der Waals surface area contributed by atoms with Crippen LogP contribution in [-0.2, 0) is 16.1 Å². The topological polar surface area (TPSA) is 80.9 Å². The average molecular weight is 375 g/mol. The van der Waals surface area contributed by atoms with Crippen LogP contribution in [0.25, 0.3) is 5.65 Å². The molecule has 0 aromatic carbocycles. The molecule has 0 radical (unpaired) electrons. The molecule has 1 saturated heterocycles. The Morgan fingerprint density at radius 2 is 2.00 bits per heavy atom. The number of carbonyl (C=O) groups excluding carboxylic acids is 1. The Balaban J connectivity index is 1.64. The highest BCUT2D eigenvalue weighted by molar-refractivity contribution is 5.75. The van der Waals surface area contributed by atoms with Gasteiger partial charge in [0.05, 0.1) is 13.2 Å². The molecule has 2 aromatic rings. The van der Waals surface area contributed by atoms with Gasteiger partial charge in [0, 0.05) is 31.9 Å². The van der Waals surface area contributed by atoms with E-state index >= 15 is 0 Å². The lowest BCUT2D eigenvalue weighted by molar-refractivity contribution is -0.122. The Morgan fingerprint density at radius 3 is 2.67 bits per heavy atom. The number of carbonyl (C=O) groups is 1. The molecule has 3 heterocycles. The Bertz CT molecular complexity index is 805. The van der Waals surface area contributed by atoms with Crippen molar-refractivity contribution >= 4 is 11.6 Å². The summed E-state index contributed by atoms with van der Waals surface area (Å²) in [7, 11) is 0. The summed E-state index contributed by atoms with van der Waals surface area (Å²) in [6.45, 7) is 8.15. The van der Waals surface area contributed by atoms with Crippen LogP contribution < -0.4 is 11.0 Å². The first-order valence-electron chi connectivity index (χ1n) is 9.76. The summed E-state index contributed by atoms with van der Waals surface area (Å²) in [5.41, 5.74) is 0.240. The predicted molar refractivity (Wildman–Crippen MR) is 103 cm³/mol. The van der Waals surface area contributed by atoms with Gasteiger partial charge in [0.15, 0.2) is 5.65 Å². The highest BCUT2D eigenvalue weighted by atomic mass is 16.5. The number of hydrogen-bond donors (Lipinski definition) is 1. The molecule has 2 aromatic heterocycles. The summed E-state index contributed by atoms with van der Waals surface area (Å²) in [4.78, 5) is 27.2. The summed E-state index contributed by atoms with van der Waals surface area (Å²) >= 11 is 0. The number of rotatable bonds is 8. The van der Waals surface area contributed by atoms with Crippen molar-refractivity contribution in [2.24, 2.45) is 5.92 Å². The van der Waals surface area contributed by atoms with E-state index in [1.54, 1.807) is 18.3 Å². The number of morpholine rings is 1. The van der Waals surface area contributed by atoms with Gasteiger partial charge in [-0.2, -0.15) is 0 Å². The molecule has 1 fully saturated rings. The van der Waals surface area contributed by atoms with Gasteiger partial charge in [0.1, 0.15) is 6.54 Å². The molecule has 0 spiro atoms. The molecule has 27 heavy (non-hydrogen) atoms. The SMILES string of the molecule is CCC(CC)[C@@H](CNC(=O)Cn1nc2ccccn2c1=O)N1CCOCC1. The molecule has 1 atom stereocenters. The van der Waals surface area contributed by atoms with Crippen molar-refractivity contribution in [2.45, 2.75) is 39.3 Å². The number of hydrogen-bond acceptors (Lipinski definition) is 5. The first-order valence-corrected chi connectivity index (χ1v) is 9.76. The van der Waals surface area contributed by atoms with Crippen LogP contribution in [0.3, 0.4) is 0 Å². The third-order valence-electron chi connectivity index (χ3n) is 5.40. The largest absolute Gasteiger partial charge is 0.379 e. The molecule has 0 bridgehead atoms. The summed E-state index contributed by atoms with van der Waals surface area (Å²) < 4.78 is 8.12. The van der Waals surface area contributed by atoms with Crippen molar-refractivity contribution < 1.29 is 9.53 Å². The number of fused-ring (bicyclic) bond motifs is 1. The third-order valence-corrected chi connectivity index (χ3v) is 5.40. The van der Waals surface area contributed by atoms with Crippen LogP contribution in [0, 0.1) is 5.92 Å². The van der Waals surface area contributed by atoms with Gasteiger partial charge in [-0.15, -0.1) is 5.10 Å². The van der Waals surface area contributed by atoms with Crippen LogP contribution >= 0.6 is 0 Å². The summed E-state index contributed by atoms with van der Waals surface area (Å²) in [5, 5.41) is 7.23. The van der Waals surface area contributed by atoms with Crippen LogP contribution in [0.15, 0.2) is 29.2 Å². The Hall–Kier alpha value is -2.19. The Kier molecular flexibility index (Phi) is 6.63. The van der Waals surface area contributed by atoms with E-state index in [1.807, 2.05) is 6.07 Å². The van der Waals surface area contributed by atoms with Crippen molar-refractivity contribution in [3.8, 4) is 0 Å². The molecule has 8 nitrogen and oxygen atoms in total. The average Bonchev–Trinajstić information content (AvgIpc) is 3.01. The lowest BCUT2D eigenvalue weighted by atomic mass is 9.92. The van der Waals surface area contributed by atoms with E-state index < -0.39 is 0 Å². The molecule has 1 aliphatic rings. The molecule has 3 rings (SSSR count). The molecule has 8 heteroatoms. The lowest BCUT2D eigenvalue weighted by Crippen LogP contribution is -2.52. The molecule has 0 saturated carbocycles. The van der Waals surface area contributed by atoms with Crippen molar-refractivity contribution in [2.75, 3.05) is 32.8 Å². The van der Waals surface area contributed by atoms with Crippen LogP contribution in [-0.4, -0.2) is 63.9 Å². The van der Waals surface area contributed by atoms with Gasteiger partial charge in [-0.05, 0) is 18.1 Å². The first-order chi connectivity index (χ1) is 13.1. The number of nitrogens with one attached hydrogen (secondary N) is 1. The fourth-order valence-corrected chi connectivity index (χ4v) is 3.82. The van der Waals surface area contributed by atoms with Crippen molar-refractivity contribution in [3.05, 3.63) is 34.9 Å². The van der Waals surface area contributed by atoms with Crippen molar-refractivity contribution in [1.82, 2.24) is 24.4 Å². The minimum atomic E-state index is -0.300. The van der Waals surface area contributed by atoms with Gasteiger partial charge in [-0.3, -0.25) is 14.1 Å². The minimum Gasteiger partial charge on any atom is -0.379 e. The fraction of sp³-hybridized carbons (Fsp3) is 0.632. The Morgan fingerprint density at radius 1 is 1.26 bits per heavy atom. The second kappa shape index (κ2) is 9.14. The Labute approximate surface area is 159 Å². The molecule has 1 aliphatic heterocycles. The molecule has 1 amide bonds. The monoisotopic (exact) mass is 375 g/mol. The molecule has 1 N–H and O–H groups in total. The number of amides is 1. The highest BCUT2D eigenvalue weighted by Gasteiger charge is 2.27. The maximum absolute atomic E-state index is 12.5. The summed E-state index contributed by atoms with van der Waals surface area (Å²) in [6, 6.07) is 5.61. The maximum Gasteiger partial charge on any atom is 0.350 e. The summed E-state index contributed by atoms with van der Waals surface area (Å²) in [5.74, 6) is 0.325. The number of aromatic nitrogens is 3. The van der Waals surface area contributed by atoms with E-state index in [0.29, 0.717) is 18.1 Å². The van der Waals surface area contributed by atoms with E-state index in [4.69, 9.17) is 4.74 Å². The third kappa shape index (κ3) is 4.56. The number of pyridine rings is 1. The fourth-order valence-electron chi connectivity index (χ4n) is 3.82. The van der Waals surface area contributed by atoms with Crippen LogP contribution in [0.2, 0.25) is 0 Å². The van der Waals surface area contributed by atoms with Crippen LogP contribution in [0.5, 0.6) is 0 Å². The van der Waals surface area contributed by atoms with E-state index in [2.05, 4.69) is 29.2 Å². The standard InChI is InChI=1S/C19H29N5O3/c1-3-15(4-2)16(22-9-11-27-12-10-22)13-20-18(25)14-24-19(26)23-8-6-5-7-17(23)21-24/h5-8,15-16H,3-4,9-14H2,1-2H3,(H,20,25)/t16-/m1/s1. The zero-order chi connectivity index (χ0) is 19.2. The first kappa shape index (κ1) is 19.6. The van der Waals surface area contributed by atoms with E-state index in [-0.39, 0.29) is 24.2 Å². The zero-order valence-electron chi connectivity index (χ0n) is 16.1. The summed E-state index contributed by atoms with van der Waals surface area (Å²) in [6.07, 6.45) is 3.79.